The maximum absolute atomic E-state index is 9.04. The standard InChI is InChI=1S/C11H22N2O/c14-7-5-11(13-10-3-4-10)9-2-1-6-12-8-9/h9-14H,1-8H2/t9-,11-/m1/s1. The van der Waals surface area contributed by atoms with Gasteiger partial charge in [0.05, 0.1) is 0 Å². The predicted octanol–water partition coefficient (Wildman–Crippen LogP) is 0.489. The van der Waals surface area contributed by atoms with Crippen molar-refractivity contribution in [1.29, 1.82) is 0 Å². The molecule has 1 aliphatic heterocycles. The summed E-state index contributed by atoms with van der Waals surface area (Å²) in [5, 5.41) is 16.1. The predicted molar refractivity (Wildman–Crippen MR) is 57.2 cm³/mol. The van der Waals surface area contributed by atoms with Crippen LogP contribution in [-0.2, 0) is 0 Å². The Labute approximate surface area is 86.3 Å². The lowest BCUT2D eigenvalue weighted by molar-refractivity contribution is 0.213. The van der Waals surface area contributed by atoms with Crippen LogP contribution in [0.15, 0.2) is 0 Å². The van der Waals surface area contributed by atoms with Crippen molar-refractivity contribution in [2.24, 2.45) is 5.92 Å². The molecule has 1 aliphatic carbocycles. The molecule has 0 unspecified atom stereocenters. The second-order valence-corrected chi connectivity index (χ2v) is 4.67. The summed E-state index contributed by atoms with van der Waals surface area (Å²) in [6.45, 7) is 2.62. The van der Waals surface area contributed by atoms with Gasteiger partial charge >= 0.3 is 0 Å². The fourth-order valence-corrected chi connectivity index (χ4v) is 2.37. The SMILES string of the molecule is OCC[C@@H](NC1CC1)[C@@H]1CCCNC1. The van der Waals surface area contributed by atoms with Gasteiger partial charge in [-0.15, -0.1) is 0 Å². The van der Waals surface area contributed by atoms with Crippen molar-refractivity contribution >= 4 is 0 Å². The van der Waals surface area contributed by atoms with Crippen molar-refractivity contribution in [1.82, 2.24) is 10.6 Å². The smallest absolute Gasteiger partial charge is 0.0445 e. The van der Waals surface area contributed by atoms with E-state index in [9.17, 15) is 0 Å². The van der Waals surface area contributed by atoms with Gasteiger partial charge in [0, 0.05) is 18.7 Å². The number of hydrogen-bond acceptors (Lipinski definition) is 3. The fourth-order valence-electron chi connectivity index (χ4n) is 2.37. The maximum atomic E-state index is 9.04. The van der Waals surface area contributed by atoms with Crippen LogP contribution in [0.4, 0.5) is 0 Å². The number of aliphatic hydroxyl groups excluding tert-OH is 1. The van der Waals surface area contributed by atoms with E-state index in [4.69, 9.17) is 5.11 Å². The van der Waals surface area contributed by atoms with Gasteiger partial charge in [-0.1, -0.05) is 0 Å². The highest BCUT2D eigenvalue weighted by molar-refractivity contribution is 4.89. The first-order valence-corrected chi connectivity index (χ1v) is 5.98. The van der Waals surface area contributed by atoms with Crippen LogP contribution in [0.25, 0.3) is 0 Å². The van der Waals surface area contributed by atoms with Gasteiger partial charge in [0.25, 0.3) is 0 Å². The minimum absolute atomic E-state index is 0.320. The van der Waals surface area contributed by atoms with E-state index < -0.39 is 0 Å². The summed E-state index contributed by atoms with van der Waals surface area (Å²) in [6, 6.07) is 1.30. The molecule has 1 heterocycles. The maximum Gasteiger partial charge on any atom is 0.0445 e. The third-order valence-electron chi connectivity index (χ3n) is 3.37. The molecule has 0 amide bonds. The fraction of sp³-hybridized carbons (Fsp3) is 1.00. The molecule has 0 aromatic heterocycles. The lowest BCUT2D eigenvalue weighted by atomic mass is 9.90. The third kappa shape index (κ3) is 2.94. The first kappa shape index (κ1) is 10.4. The van der Waals surface area contributed by atoms with E-state index >= 15 is 0 Å². The van der Waals surface area contributed by atoms with E-state index in [1.807, 2.05) is 0 Å². The third-order valence-corrected chi connectivity index (χ3v) is 3.37. The second kappa shape index (κ2) is 5.10. The molecule has 0 aromatic rings. The highest BCUT2D eigenvalue weighted by Gasteiger charge is 2.29. The number of nitrogens with one attached hydrogen (secondary N) is 2. The summed E-state index contributed by atoms with van der Waals surface area (Å²) >= 11 is 0. The molecule has 2 atom stereocenters. The van der Waals surface area contributed by atoms with Gasteiger partial charge < -0.3 is 15.7 Å². The summed E-state index contributed by atoms with van der Waals surface area (Å²) < 4.78 is 0. The minimum atomic E-state index is 0.320. The van der Waals surface area contributed by atoms with Gasteiger partial charge in [-0.2, -0.15) is 0 Å². The van der Waals surface area contributed by atoms with E-state index in [2.05, 4.69) is 10.6 Å². The molecule has 3 N–H and O–H groups in total. The zero-order valence-electron chi connectivity index (χ0n) is 8.84. The Morgan fingerprint density at radius 2 is 2.21 bits per heavy atom. The molecule has 1 saturated heterocycles. The van der Waals surface area contributed by atoms with Crippen molar-refractivity contribution in [3.8, 4) is 0 Å². The van der Waals surface area contributed by atoms with Crippen LogP contribution in [0.3, 0.4) is 0 Å². The van der Waals surface area contributed by atoms with Crippen molar-refractivity contribution < 1.29 is 5.11 Å². The van der Waals surface area contributed by atoms with Gasteiger partial charge in [0.15, 0.2) is 0 Å². The van der Waals surface area contributed by atoms with Crippen LogP contribution >= 0.6 is 0 Å². The summed E-state index contributed by atoms with van der Waals surface area (Å²) in [6.07, 6.45) is 6.20. The van der Waals surface area contributed by atoms with Crippen LogP contribution in [-0.4, -0.2) is 36.9 Å². The van der Waals surface area contributed by atoms with Crippen LogP contribution < -0.4 is 10.6 Å². The molecule has 2 rings (SSSR count). The molecule has 2 fully saturated rings. The number of rotatable bonds is 5. The molecule has 82 valence electrons. The van der Waals surface area contributed by atoms with Crippen molar-refractivity contribution in [3.05, 3.63) is 0 Å². The van der Waals surface area contributed by atoms with E-state index in [0.717, 1.165) is 24.9 Å². The lowest BCUT2D eigenvalue weighted by Crippen LogP contribution is -2.45. The quantitative estimate of drug-likeness (QED) is 0.602. The monoisotopic (exact) mass is 198 g/mol. The molecular formula is C11H22N2O. The molecule has 3 heteroatoms. The van der Waals surface area contributed by atoms with Gasteiger partial charge in [-0.25, -0.2) is 0 Å². The molecule has 0 bridgehead atoms. The topological polar surface area (TPSA) is 44.3 Å². The van der Waals surface area contributed by atoms with Crippen molar-refractivity contribution in [3.63, 3.8) is 0 Å². The van der Waals surface area contributed by atoms with Crippen LogP contribution in [0.2, 0.25) is 0 Å². The lowest BCUT2D eigenvalue weighted by Gasteiger charge is -2.31. The molecular weight excluding hydrogens is 176 g/mol. The number of piperidine rings is 1. The first-order valence-electron chi connectivity index (χ1n) is 5.98. The van der Waals surface area contributed by atoms with Crippen LogP contribution in [0.5, 0.6) is 0 Å². The average Bonchev–Trinajstić information content (AvgIpc) is 3.03. The Morgan fingerprint density at radius 3 is 2.79 bits per heavy atom. The van der Waals surface area contributed by atoms with E-state index in [1.54, 1.807) is 0 Å². The van der Waals surface area contributed by atoms with E-state index in [-0.39, 0.29) is 0 Å². The van der Waals surface area contributed by atoms with E-state index in [1.165, 1.54) is 32.2 Å². The minimum Gasteiger partial charge on any atom is -0.396 e. The molecule has 2 aliphatic rings. The van der Waals surface area contributed by atoms with Gasteiger partial charge in [-0.3, -0.25) is 0 Å². The van der Waals surface area contributed by atoms with E-state index in [0.29, 0.717) is 12.6 Å². The molecule has 14 heavy (non-hydrogen) atoms. The highest BCUT2D eigenvalue weighted by atomic mass is 16.3. The summed E-state index contributed by atoms with van der Waals surface area (Å²) in [4.78, 5) is 0. The Bertz CT molecular complexity index is 165. The normalized spacial score (nSPS) is 30.2. The molecule has 1 saturated carbocycles. The molecule has 0 aromatic carbocycles. The second-order valence-electron chi connectivity index (χ2n) is 4.67. The number of aliphatic hydroxyl groups is 1. The Morgan fingerprint density at radius 1 is 1.36 bits per heavy atom. The van der Waals surface area contributed by atoms with Gasteiger partial charge in [0.2, 0.25) is 0 Å². The summed E-state index contributed by atoms with van der Waals surface area (Å²) in [7, 11) is 0. The largest absolute Gasteiger partial charge is 0.396 e. The summed E-state index contributed by atoms with van der Waals surface area (Å²) in [5.74, 6) is 0.733. The Balaban J connectivity index is 1.79. The summed E-state index contributed by atoms with van der Waals surface area (Å²) in [5.41, 5.74) is 0. The molecule has 0 radical (unpaired) electrons. The Kier molecular flexibility index (Phi) is 3.79. The average molecular weight is 198 g/mol. The zero-order chi connectivity index (χ0) is 9.80. The van der Waals surface area contributed by atoms with Gasteiger partial charge in [-0.05, 0) is 51.1 Å². The molecule has 0 spiro atoms. The van der Waals surface area contributed by atoms with Crippen LogP contribution in [0.1, 0.15) is 32.1 Å². The van der Waals surface area contributed by atoms with Crippen molar-refractivity contribution in [2.75, 3.05) is 19.7 Å². The Hall–Kier alpha value is -0.120. The van der Waals surface area contributed by atoms with Gasteiger partial charge in [0.1, 0.15) is 0 Å². The molecule has 3 nitrogen and oxygen atoms in total. The highest BCUT2D eigenvalue weighted by Crippen LogP contribution is 2.24. The first-order chi connectivity index (χ1) is 6.90. The number of hydrogen-bond donors (Lipinski definition) is 3. The van der Waals surface area contributed by atoms with Crippen molar-refractivity contribution in [2.45, 2.75) is 44.2 Å². The van der Waals surface area contributed by atoms with Crippen LogP contribution in [0, 0.1) is 5.92 Å². The zero-order valence-corrected chi connectivity index (χ0v) is 8.84.